The molecule has 0 unspecified atom stereocenters. The van der Waals surface area contributed by atoms with Crippen molar-refractivity contribution in [3.8, 4) is 5.75 Å². The molecule has 0 aliphatic carbocycles. The van der Waals surface area contributed by atoms with Crippen LogP contribution in [0.3, 0.4) is 0 Å². The third kappa shape index (κ3) is 6.67. The normalized spacial score (nSPS) is 11.4. The highest BCUT2D eigenvalue weighted by Crippen LogP contribution is 2.23. The van der Waals surface area contributed by atoms with Crippen LogP contribution in [0.1, 0.15) is 29.3 Å². The Hall–Kier alpha value is -3.19. The molecule has 0 spiro atoms. The monoisotopic (exact) mass is 457 g/mol. The van der Waals surface area contributed by atoms with E-state index in [2.05, 4.69) is 81.1 Å². The Morgan fingerprint density at radius 2 is 1.79 bits per heavy atom. The van der Waals surface area contributed by atoms with Gasteiger partial charge in [0.15, 0.2) is 0 Å². The van der Waals surface area contributed by atoms with Crippen LogP contribution in [0.5, 0.6) is 5.75 Å². The van der Waals surface area contributed by atoms with Crippen molar-refractivity contribution in [2.45, 2.75) is 33.1 Å². The van der Waals surface area contributed by atoms with Crippen molar-refractivity contribution in [2.75, 3.05) is 26.7 Å². The number of likely N-dealkylation sites (N-methyl/N-ethyl adjacent to an activating group) is 1. The smallest absolute Gasteiger partial charge is 0.119 e. The zero-order valence-corrected chi connectivity index (χ0v) is 20.2. The number of rotatable bonds is 13. The molecule has 3 N–H and O–H groups in total. The number of H-pyrrole nitrogens is 1. The van der Waals surface area contributed by atoms with Gasteiger partial charge in [0.1, 0.15) is 5.75 Å². The summed E-state index contributed by atoms with van der Waals surface area (Å²) < 4.78 is 5.37. The van der Waals surface area contributed by atoms with Gasteiger partial charge in [0.25, 0.3) is 0 Å². The van der Waals surface area contributed by atoms with E-state index in [0.717, 1.165) is 62.8 Å². The standard InChI is InChI=1S/C28H35N5O/c1-3-33(15-14-29-20-25-6-4-5-13-31-25)21-23-9-7-22(8-10-23)17-30-18-24-19-32-28-12-11-26(34-2)16-27(24)28/h4-13,16,19,29-30,32H,3,14-15,17-18,20-21H2,1-2H3. The molecule has 2 aromatic carbocycles. The summed E-state index contributed by atoms with van der Waals surface area (Å²) in [5.74, 6) is 0.883. The van der Waals surface area contributed by atoms with Gasteiger partial charge in [-0.3, -0.25) is 9.88 Å². The van der Waals surface area contributed by atoms with Gasteiger partial charge in [-0.1, -0.05) is 37.3 Å². The molecule has 0 aliphatic rings. The van der Waals surface area contributed by atoms with Gasteiger partial charge < -0.3 is 20.4 Å². The van der Waals surface area contributed by atoms with Crippen LogP contribution in [-0.4, -0.2) is 41.6 Å². The van der Waals surface area contributed by atoms with E-state index >= 15 is 0 Å². The fraction of sp³-hybridized carbons (Fsp3) is 0.321. The van der Waals surface area contributed by atoms with Crippen LogP contribution in [0, 0.1) is 0 Å². The second-order valence-corrected chi connectivity index (χ2v) is 8.51. The number of hydrogen-bond donors (Lipinski definition) is 3. The van der Waals surface area contributed by atoms with E-state index in [1.807, 2.05) is 24.4 Å². The topological polar surface area (TPSA) is 65.2 Å². The van der Waals surface area contributed by atoms with Gasteiger partial charge in [-0.25, -0.2) is 0 Å². The molecule has 2 heterocycles. The highest BCUT2D eigenvalue weighted by atomic mass is 16.5. The van der Waals surface area contributed by atoms with Crippen LogP contribution >= 0.6 is 0 Å². The van der Waals surface area contributed by atoms with Gasteiger partial charge in [-0.05, 0) is 53.6 Å². The molecule has 0 amide bonds. The van der Waals surface area contributed by atoms with Crippen molar-refractivity contribution < 1.29 is 4.74 Å². The number of methoxy groups -OCH3 is 1. The summed E-state index contributed by atoms with van der Waals surface area (Å²) in [5.41, 5.74) is 6.11. The number of fused-ring (bicyclic) bond motifs is 1. The van der Waals surface area contributed by atoms with E-state index in [1.54, 1.807) is 7.11 Å². The second kappa shape index (κ2) is 12.3. The van der Waals surface area contributed by atoms with E-state index in [1.165, 1.54) is 22.1 Å². The lowest BCUT2D eigenvalue weighted by molar-refractivity contribution is 0.279. The first-order valence-corrected chi connectivity index (χ1v) is 12.0. The third-order valence-electron chi connectivity index (χ3n) is 6.13. The molecular formula is C28H35N5O. The summed E-state index contributed by atoms with van der Waals surface area (Å²) in [6, 6.07) is 21.1. The molecule has 0 aliphatic heterocycles. The number of hydrogen-bond acceptors (Lipinski definition) is 5. The van der Waals surface area contributed by atoms with E-state index in [9.17, 15) is 0 Å². The molecule has 0 bridgehead atoms. The Bertz CT molecular complexity index is 1140. The lowest BCUT2D eigenvalue weighted by Crippen LogP contribution is -2.31. The predicted octanol–water partition coefficient (Wildman–Crippen LogP) is 4.47. The van der Waals surface area contributed by atoms with Crippen molar-refractivity contribution in [3.05, 3.63) is 95.4 Å². The van der Waals surface area contributed by atoms with E-state index in [-0.39, 0.29) is 0 Å². The minimum atomic E-state index is 0.810. The fourth-order valence-corrected chi connectivity index (χ4v) is 4.10. The molecule has 2 aromatic heterocycles. The largest absolute Gasteiger partial charge is 0.497 e. The molecule has 0 saturated heterocycles. The first-order chi connectivity index (χ1) is 16.7. The number of nitrogens with zero attached hydrogens (tertiary/aromatic N) is 2. The molecule has 4 aromatic rings. The average Bonchev–Trinajstić information content (AvgIpc) is 3.29. The maximum Gasteiger partial charge on any atom is 0.119 e. The lowest BCUT2D eigenvalue weighted by atomic mass is 10.1. The Morgan fingerprint density at radius 1 is 0.941 bits per heavy atom. The highest BCUT2D eigenvalue weighted by molar-refractivity contribution is 5.84. The summed E-state index contributed by atoms with van der Waals surface area (Å²) in [5, 5.41) is 8.27. The molecule has 0 radical (unpaired) electrons. The van der Waals surface area contributed by atoms with Gasteiger partial charge >= 0.3 is 0 Å². The number of aromatic amines is 1. The minimum absolute atomic E-state index is 0.810. The first kappa shape index (κ1) is 24.0. The Kier molecular flexibility index (Phi) is 8.68. The van der Waals surface area contributed by atoms with Crippen LogP contribution in [0.15, 0.2) is 73.1 Å². The summed E-state index contributed by atoms with van der Waals surface area (Å²) in [6.07, 6.45) is 3.92. The van der Waals surface area contributed by atoms with E-state index in [0.29, 0.717) is 0 Å². The number of benzene rings is 2. The molecular weight excluding hydrogens is 422 g/mol. The zero-order valence-electron chi connectivity index (χ0n) is 20.2. The van der Waals surface area contributed by atoms with Gasteiger partial charge in [-0.2, -0.15) is 0 Å². The number of pyridine rings is 1. The van der Waals surface area contributed by atoms with Crippen molar-refractivity contribution >= 4 is 10.9 Å². The Labute approximate surface area is 202 Å². The van der Waals surface area contributed by atoms with Crippen LogP contribution in [-0.2, 0) is 26.2 Å². The van der Waals surface area contributed by atoms with Crippen LogP contribution in [0.4, 0.5) is 0 Å². The molecule has 0 fully saturated rings. The fourth-order valence-electron chi connectivity index (χ4n) is 4.10. The van der Waals surface area contributed by atoms with Crippen molar-refractivity contribution in [3.63, 3.8) is 0 Å². The maximum atomic E-state index is 5.37. The van der Waals surface area contributed by atoms with Crippen molar-refractivity contribution in [1.82, 2.24) is 25.5 Å². The molecule has 6 nitrogen and oxygen atoms in total. The highest BCUT2D eigenvalue weighted by Gasteiger charge is 2.06. The minimum Gasteiger partial charge on any atom is -0.497 e. The number of aromatic nitrogens is 2. The summed E-state index contributed by atoms with van der Waals surface area (Å²) in [4.78, 5) is 10.2. The first-order valence-electron chi connectivity index (χ1n) is 12.0. The molecule has 4 rings (SSSR count). The second-order valence-electron chi connectivity index (χ2n) is 8.51. The molecule has 34 heavy (non-hydrogen) atoms. The zero-order chi connectivity index (χ0) is 23.6. The van der Waals surface area contributed by atoms with Crippen LogP contribution < -0.4 is 15.4 Å². The maximum absolute atomic E-state index is 5.37. The third-order valence-corrected chi connectivity index (χ3v) is 6.13. The summed E-state index contributed by atoms with van der Waals surface area (Å²) in [7, 11) is 1.70. The van der Waals surface area contributed by atoms with Crippen molar-refractivity contribution in [2.24, 2.45) is 0 Å². The van der Waals surface area contributed by atoms with Gasteiger partial charge in [0, 0.05) is 62.6 Å². The molecule has 0 saturated carbocycles. The summed E-state index contributed by atoms with van der Waals surface area (Å²) in [6.45, 7) is 8.64. The Morgan fingerprint density at radius 3 is 2.56 bits per heavy atom. The molecule has 0 atom stereocenters. The molecule has 178 valence electrons. The predicted molar refractivity (Wildman–Crippen MR) is 139 cm³/mol. The van der Waals surface area contributed by atoms with Crippen LogP contribution in [0.2, 0.25) is 0 Å². The average molecular weight is 458 g/mol. The van der Waals surface area contributed by atoms with Crippen LogP contribution in [0.25, 0.3) is 10.9 Å². The van der Waals surface area contributed by atoms with Gasteiger partial charge in [0.05, 0.1) is 12.8 Å². The molecule has 6 heteroatoms. The van der Waals surface area contributed by atoms with Gasteiger partial charge in [-0.15, -0.1) is 0 Å². The van der Waals surface area contributed by atoms with E-state index in [4.69, 9.17) is 4.74 Å². The number of ether oxygens (including phenoxy) is 1. The van der Waals surface area contributed by atoms with Crippen molar-refractivity contribution in [1.29, 1.82) is 0 Å². The SMILES string of the molecule is CCN(CCNCc1ccccn1)Cc1ccc(CNCc2c[nH]c3ccc(OC)cc23)cc1. The lowest BCUT2D eigenvalue weighted by Gasteiger charge is -2.21. The van der Waals surface area contributed by atoms with Gasteiger partial charge in [0.2, 0.25) is 0 Å². The summed E-state index contributed by atoms with van der Waals surface area (Å²) >= 11 is 0. The Balaban J connectivity index is 1.21. The number of nitrogens with one attached hydrogen (secondary N) is 3. The quantitative estimate of drug-likeness (QED) is 0.259. The van der Waals surface area contributed by atoms with E-state index < -0.39 is 0 Å².